The second kappa shape index (κ2) is 8.99. The van der Waals surface area contributed by atoms with Crippen LogP contribution in [0.25, 0.3) is 5.82 Å². The number of halogens is 4. The van der Waals surface area contributed by atoms with Gasteiger partial charge in [0.05, 0.1) is 16.3 Å². The Morgan fingerprint density at radius 2 is 1.78 bits per heavy atom. The molecule has 11 heteroatoms. The zero-order valence-corrected chi connectivity index (χ0v) is 18.0. The molecule has 0 saturated carbocycles. The number of rotatable bonds is 5. The summed E-state index contributed by atoms with van der Waals surface area (Å²) in [5, 5.41) is 6.70. The number of hydrogen-bond donors (Lipinski definition) is 1. The summed E-state index contributed by atoms with van der Waals surface area (Å²) < 4.78 is 44.6. The monoisotopic (exact) mass is 466 g/mol. The third kappa shape index (κ3) is 5.25. The van der Waals surface area contributed by atoms with Gasteiger partial charge in [0.25, 0.3) is 5.91 Å². The van der Waals surface area contributed by atoms with Gasteiger partial charge in [-0.1, -0.05) is 11.6 Å². The number of aromatic nitrogens is 3. The minimum atomic E-state index is -4.49. The maximum Gasteiger partial charge on any atom is 0.416 e. The summed E-state index contributed by atoms with van der Waals surface area (Å²) in [4.78, 5) is 29.1. The Hall–Kier alpha value is -3.40. The van der Waals surface area contributed by atoms with Crippen LogP contribution in [0.15, 0.2) is 42.5 Å². The SMILES string of the molecule is Cc1cc(C)n(-c2ccc(Cl)c(C(=O)OC(C)C(=O)Nc3ccc(C(F)(F)F)cc3)n2)n1. The van der Waals surface area contributed by atoms with Crippen LogP contribution < -0.4 is 5.32 Å². The molecule has 1 atom stereocenters. The molecule has 0 aliphatic rings. The lowest BCUT2D eigenvalue weighted by Crippen LogP contribution is -2.30. The lowest BCUT2D eigenvalue weighted by molar-refractivity contribution is -0.137. The third-order valence-corrected chi connectivity index (χ3v) is 4.69. The molecule has 32 heavy (non-hydrogen) atoms. The zero-order chi connectivity index (χ0) is 23.6. The summed E-state index contributed by atoms with van der Waals surface area (Å²) in [6.07, 6.45) is -5.75. The van der Waals surface area contributed by atoms with Gasteiger partial charge in [-0.25, -0.2) is 14.5 Å². The quantitative estimate of drug-likeness (QED) is 0.549. The van der Waals surface area contributed by atoms with Crippen molar-refractivity contribution in [3.63, 3.8) is 0 Å². The largest absolute Gasteiger partial charge is 0.448 e. The average Bonchev–Trinajstić information content (AvgIpc) is 3.05. The molecule has 7 nitrogen and oxygen atoms in total. The van der Waals surface area contributed by atoms with E-state index in [0.29, 0.717) is 5.82 Å². The van der Waals surface area contributed by atoms with Crippen LogP contribution in [0.4, 0.5) is 18.9 Å². The second-order valence-electron chi connectivity index (χ2n) is 6.95. The summed E-state index contributed by atoms with van der Waals surface area (Å²) in [6, 6.07) is 8.75. The molecule has 0 aliphatic heterocycles. The number of alkyl halides is 3. The number of benzene rings is 1. The Bertz CT molecular complexity index is 1160. The lowest BCUT2D eigenvalue weighted by atomic mass is 10.2. The predicted molar refractivity (Wildman–Crippen MR) is 111 cm³/mol. The van der Waals surface area contributed by atoms with Crippen LogP contribution in [0.3, 0.4) is 0 Å². The van der Waals surface area contributed by atoms with Gasteiger partial charge < -0.3 is 10.1 Å². The summed E-state index contributed by atoms with van der Waals surface area (Å²) in [5.74, 6) is -1.33. The van der Waals surface area contributed by atoms with Crippen molar-refractivity contribution in [1.29, 1.82) is 0 Å². The highest BCUT2D eigenvalue weighted by Gasteiger charge is 2.30. The minimum Gasteiger partial charge on any atom is -0.448 e. The molecule has 0 spiro atoms. The van der Waals surface area contributed by atoms with Crippen LogP contribution in [0, 0.1) is 13.8 Å². The number of nitrogens with zero attached hydrogens (tertiary/aromatic N) is 3. The van der Waals surface area contributed by atoms with E-state index in [9.17, 15) is 22.8 Å². The molecule has 0 aliphatic carbocycles. The highest BCUT2D eigenvalue weighted by atomic mass is 35.5. The third-order valence-electron chi connectivity index (χ3n) is 4.38. The van der Waals surface area contributed by atoms with Crippen molar-refractivity contribution in [2.75, 3.05) is 5.32 Å². The van der Waals surface area contributed by atoms with Gasteiger partial charge in [-0.2, -0.15) is 18.3 Å². The van der Waals surface area contributed by atoms with Crippen molar-refractivity contribution in [3.05, 3.63) is 70.1 Å². The fourth-order valence-electron chi connectivity index (χ4n) is 2.81. The number of amides is 1. The van der Waals surface area contributed by atoms with Gasteiger partial charge in [0.1, 0.15) is 0 Å². The van der Waals surface area contributed by atoms with E-state index in [1.807, 2.05) is 19.9 Å². The molecule has 2 heterocycles. The average molecular weight is 467 g/mol. The molecule has 168 valence electrons. The van der Waals surface area contributed by atoms with Crippen molar-refractivity contribution in [2.45, 2.75) is 33.1 Å². The van der Waals surface area contributed by atoms with Crippen LogP contribution in [-0.2, 0) is 15.7 Å². The molecule has 1 unspecified atom stereocenters. The van der Waals surface area contributed by atoms with Gasteiger partial charge in [0, 0.05) is 11.4 Å². The van der Waals surface area contributed by atoms with Crippen LogP contribution in [0.5, 0.6) is 0 Å². The van der Waals surface area contributed by atoms with E-state index in [2.05, 4.69) is 15.4 Å². The van der Waals surface area contributed by atoms with Gasteiger partial charge in [0.2, 0.25) is 0 Å². The molecular formula is C21H18ClF3N4O3. The highest BCUT2D eigenvalue weighted by molar-refractivity contribution is 6.33. The number of carbonyl (C=O) groups is 2. The van der Waals surface area contributed by atoms with Crippen molar-refractivity contribution >= 4 is 29.2 Å². The van der Waals surface area contributed by atoms with Crippen LogP contribution in [0.1, 0.15) is 34.4 Å². The van der Waals surface area contributed by atoms with E-state index in [-0.39, 0.29) is 16.4 Å². The number of nitrogens with one attached hydrogen (secondary N) is 1. The van der Waals surface area contributed by atoms with Crippen LogP contribution >= 0.6 is 11.6 Å². The van der Waals surface area contributed by atoms with Crippen molar-refractivity contribution in [2.24, 2.45) is 0 Å². The van der Waals surface area contributed by atoms with Crippen molar-refractivity contribution in [3.8, 4) is 5.82 Å². The highest BCUT2D eigenvalue weighted by Crippen LogP contribution is 2.29. The van der Waals surface area contributed by atoms with Crippen molar-refractivity contribution < 1.29 is 27.5 Å². The Labute approximate surface area is 186 Å². The lowest BCUT2D eigenvalue weighted by Gasteiger charge is -2.15. The first-order valence-corrected chi connectivity index (χ1v) is 9.73. The van der Waals surface area contributed by atoms with Gasteiger partial charge in [-0.3, -0.25) is 4.79 Å². The molecule has 0 fully saturated rings. The first-order valence-electron chi connectivity index (χ1n) is 9.35. The van der Waals surface area contributed by atoms with E-state index >= 15 is 0 Å². The molecule has 0 radical (unpaired) electrons. The summed E-state index contributed by atoms with van der Waals surface area (Å²) in [6.45, 7) is 4.95. The van der Waals surface area contributed by atoms with E-state index in [4.69, 9.17) is 16.3 Å². The number of pyridine rings is 1. The first-order chi connectivity index (χ1) is 15.0. The van der Waals surface area contributed by atoms with Crippen molar-refractivity contribution in [1.82, 2.24) is 14.8 Å². The van der Waals surface area contributed by atoms with E-state index in [0.717, 1.165) is 35.7 Å². The molecule has 1 N–H and O–H groups in total. The smallest absolute Gasteiger partial charge is 0.416 e. The normalized spacial score (nSPS) is 12.3. The number of hydrogen-bond acceptors (Lipinski definition) is 5. The molecule has 3 rings (SSSR count). The van der Waals surface area contributed by atoms with Crippen LogP contribution in [0.2, 0.25) is 5.02 Å². The van der Waals surface area contributed by atoms with Gasteiger partial charge in [-0.05, 0) is 63.2 Å². The molecule has 3 aromatic rings. The number of esters is 1. The fourth-order valence-corrected chi connectivity index (χ4v) is 2.99. The van der Waals surface area contributed by atoms with Crippen LogP contribution in [-0.4, -0.2) is 32.7 Å². The van der Waals surface area contributed by atoms with Gasteiger partial charge in [-0.15, -0.1) is 0 Å². The van der Waals surface area contributed by atoms with E-state index < -0.39 is 29.7 Å². The Balaban J connectivity index is 1.70. The minimum absolute atomic E-state index is 0.0237. The van der Waals surface area contributed by atoms with E-state index in [1.54, 1.807) is 6.07 Å². The maximum atomic E-state index is 12.6. The molecule has 1 amide bonds. The summed E-state index contributed by atoms with van der Waals surface area (Å²) >= 11 is 6.08. The number of ether oxygens (including phenoxy) is 1. The Kier molecular flexibility index (Phi) is 6.54. The summed E-state index contributed by atoms with van der Waals surface area (Å²) in [7, 11) is 0. The Morgan fingerprint density at radius 3 is 2.34 bits per heavy atom. The summed E-state index contributed by atoms with van der Waals surface area (Å²) in [5.41, 5.74) is 0.621. The molecule has 0 bridgehead atoms. The molecular weight excluding hydrogens is 449 g/mol. The van der Waals surface area contributed by atoms with Gasteiger partial charge in [0.15, 0.2) is 17.6 Å². The second-order valence-corrected chi connectivity index (χ2v) is 7.36. The van der Waals surface area contributed by atoms with Gasteiger partial charge >= 0.3 is 12.1 Å². The fraction of sp³-hybridized carbons (Fsp3) is 0.238. The van der Waals surface area contributed by atoms with E-state index in [1.165, 1.54) is 17.7 Å². The molecule has 2 aromatic heterocycles. The zero-order valence-electron chi connectivity index (χ0n) is 17.2. The predicted octanol–water partition coefficient (Wildman–Crippen LogP) is 4.74. The number of aryl methyl sites for hydroxylation is 2. The Morgan fingerprint density at radius 1 is 1.12 bits per heavy atom. The molecule has 1 aromatic carbocycles. The maximum absolute atomic E-state index is 12.6. The number of anilines is 1. The first kappa shape index (κ1) is 23.3. The number of carbonyl (C=O) groups excluding carboxylic acids is 2. The standard InChI is InChI=1S/C21H18ClF3N4O3/c1-11-10-12(2)29(28-11)17-9-8-16(22)18(27-17)20(31)32-13(3)19(30)26-15-6-4-14(5-7-15)21(23,24)25/h4-10,13H,1-3H3,(H,26,30). The topological polar surface area (TPSA) is 86.1 Å². The molecule has 0 saturated heterocycles.